The molecular weight excluding hydrogens is 749 g/mol. The molecule has 1 saturated carbocycles. The van der Waals surface area contributed by atoms with E-state index in [2.05, 4.69) is 81.6 Å². The number of aliphatic hydroxyl groups excluding tert-OH is 2. The minimum atomic E-state index is -0.631. The van der Waals surface area contributed by atoms with Gasteiger partial charge in [0, 0.05) is 16.6 Å². The summed E-state index contributed by atoms with van der Waals surface area (Å²) >= 11 is 0. The van der Waals surface area contributed by atoms with E-state index in [0.29, 0.717) is 62.2 Å². The van der Waals surface area contributed by atoms with E-state index < -0.39 is 17.4 Å². The molecule has 0 amide bonds. The molecule has 7 heteroatoms. The Labute approximate surface area is 361 Å². The number of carbonyl (C=O) groups excluding carboxylic acids is 2. The monoisotopic (exact) mass is 823 g/mol. The zero-order valence-corrected chi connectivity index (χ0v) is 37.5. The zero-order chi connectivity index (χ0) is 43.5. The smallest absolute Gasteiger partial charge is 0.333 e. The summed E-state index contributed by atoms with van der Waals surface area (Å²) in [5.74, 6) is 1.49. The molecule has 1 aliphatic carbocycles. The van der Waals surface area contributed by atoms with Crippen molar-refractivity contribution < 1.29 is 34.0 Å². The number of aryl methyl sites for hydroxylation is 3. The fourth-order valence-electron chi connectivity index (χ4n) is 8.72. The molecule has 1 aliphatic rings. The number of hydrogen-bond donors (Lipinski definition) is 2. The van der Waals surface area contributed by atoms with Crippen molar-refractivity contribution in [2.75, 3.05) is 33.0 Å². The molecule has 0 spiro atoms. The van der Waals surface area contributed by atoms with E-state index in [4.69, 9.17) is 14.2 Å². The number of esters is 2. The molecule has 4 rings (SSSR count). The van der Waals surface area contributed by atoms with Crippen molar-refractivity contribution in [1.29, 1.82) is 0 Å². The topological polar surface area (TPSA) is 102 Å². The summed E-state index contributed by atoms with van der Waals surface area (Å²) in [5.41, 5.74) is 9.43. The van der Waals surface area contributed by atoms with Crippen molar-refractivity contribution in [3.8, 4) is 28.0 Å². The van der Waals surface area contributed by atoms with Gasteiger partial charge in [0.05, 0.1) is 33.0 Å². The van der Waals surface area contributed by atoms with E-state index in [1.807, 2.05) is 6.92 Å². The molecule has 0 atom stereocenters. The molecule has 0 aliphatic heterocycles. The van der Waals surface area contributed by atoms with Crippen LogP contribution in [0.5, 0.6) is 5.75 Å². The lowest BCUT2D eigenvalue weighted by molar-refractivity contribution is -0.139. The maximum atomic E-state index is 12.2. The fraction of sp³-hybridized carbons (Fsp3) is 0.547. The predicted octanol–water partition coefficient (Wildman–Crippen LogP) is 12.1. The highest BCUT2D eigenvalue weighted by Crippen LogP contribution is 2.40. The van der Waals surface area contributed by atoms with Gasteiger partial charge in [0.15, 0.2) is 0 Å². The Morgan fingerprint density at radius 1 is 0.667 bits per heavy atom. The molecule has 0 bridgehead atoms. The van der Waals surface area contributed by atoms with Crippen LogP contribution in [-0.2, 0) is 38.3 Å². The average Bonchev–Trinajstić information content (AvgIpc) is 3.26. The Morgan fingerprint density at radius 3 is 1.75 bits per heavy atom. The van der Waals surface area contributed by atoms with Crippen molar-refractivity contribution in [2.24, 2.45) is 11.3 Å². The van der Waals surface area contributed by atoms with E-state index >= 15 is 0 Å². The van der Waals surface area contributed by atoms with E-state index in [1.165, 1.54) is 73.6 Å². The number of ether oxygens (including phenoxy) is 3. The first kappa shape index (κ1) is 48.5. The van der Waals surface area contributed by atoms with Gasteiger partial charge in [-0.15, -0.1) is 0 Å². The maximum Gasteiger partial charge on any atom is 0.333 e. The highest BCUT2D eigenvalue weighted by Gasteiger charge is 2.28. The third-order valence-electron chi connectivity index (χ3n) is 12.5. The first-order chi connectivity index (χ1) is 29.0. The molecule has 0 heterocycles. The molecule has 3 aromatic rings. The Balaban J connectivity index is 1.64. The van der Waals surface area contributed by atoms with Crippen LogP contribution in [0, 0.1) is 11.3 Å². The third-order valence-corrected chi connectivity index (χ3v) is 12.5. The zero-order valence-electron chi connectivity index (χ0n) is 37.5. The second-order valence-corrected chi connectivity index (χ2v) is 17.4. The summed E-state index contributed by atoms with van der Waals surface area (Å²) < 4.78 is 17.6. The summed E-state index contributed by atoms with van der Waals surface area (Å²) in [6.45, 7) is 17.8. The molecule has 2 N–H and O–H groups in total. The van der Waals surface area contributed by atoms with Crippen LogP contribution in [0.15, 0.2) is 78.9 Å². The van der Waals surface area contributed by atoms with Gasteiger partial charge in [-0.25, -0.2) is 9.59 Å². The second-order valence-electron chi connectivity index (χ2n) is 17.4. The van der Waals surface area contributed by atoms with E-state index in [0.717, 1.165) is 46.8 Å². The summed E-state index contributed by atoms with van der Waals surface area (Å²) in [5, 5.41) is 20.5. The van der Waals surface area contributed by atoms with Gasteiger partial charge in [-0.05, 0) is 153 Å². The molecule has 0 radical (unpaired) electrons. The van der Waals surface area contributed by atoms with Crippen LogP contribution in [0.3, 0.4) is 0 Å². The fourth-order valence-corrected chi connectivity index (χ4v) is 8.72. The quantitative estimate of drug-likeness (QED) is 0.0472. The SMILES string of the molecule is C=C(C)C(=O)OCCCc1cc(-c2ccc(-c3ccc(C4CCC(CCCCC)CC4)cc3)c(CC)c2)cc(CCCOC(=O)C(=C)C)c1OCCC(CO)(CO)CCC. The standard InChI is InChI=1S/C53H74O7/c1-8-11-12-15-40-18-20-42(21-19-40)43-22-24-44(25-23-43)49-27-26-45(33-41(49)10-3)48-34-46(16-13-30-59-51(56)38(4)5)50(58-32-29-53(36-54,37-55)28-9-2)47(35-48)17-14-31-60-52(57)39(6)7/h22-27,33-35,40,42,54-55H,4,6,8-21,28-32,36-37H2,1-3,5,7H3. The maximum absolute atomic E-state index is 12.2. The Bertz CT molecular complexity index is 1770. The van der Waals surface area contributed by atoms with Crippen molar-refractivity contribution in [3.63, 3.8) is 0 Å². The lowest BCUT2D eigenvalue weighted by Crippen LogP contribution is -2.31. The number of unbranched alkanes of at least 4 members (excludes halogenated alkanes) is 2. The van der Waals surface area contributed by atoms with Gasteiger partial charge in [-0.2, -0.15) is 0 Å². The molecule has 60 heavy (non-hydrogen) atoms. The van der Waals surface area contributed by atoms with E-state index in [-0.39, 0.29) is 26.4 Å². The molecule has 0 unspecified atom stereocenters. The summed E-state index contributed by atoms with van der Waals surface area (Å²) in [4.78, 5) is 24.4. The number of benzene rings is 3. The summed E-state index contributed by atoms with van der Waals surface area (Å²) in [6, 6.07) is 20.5. The van der Waals surface area contributed by atoms with Gasteiger partial charge >= 0.3 is 11.9 Å². The van der Waals surface area contributed by atoms with Crippen LogP contribution < -0.4 is 4.74 Å². The van der Waals surface area contributed by atoms with Gasteiger partial charge in [0.2, 0.25) is 0 Å². The summed E-state index contributed by atoms with van der Waals surface area (Å²) in [7, 11) is 0. The van der Waals surface area contributed by atoms with Crippen LogP contribution >= 0.6 is 0 Å². The van der Waals surface area contributed by atoms with E-state index in [1.54, 1.807) is 13.8 Å². The van der Waals surface area contributed by atoms with Crippen LogP contribution in [0.1, 0.15) is 146 Å². The summed E-state index contributed by atoms with van der Waals surface area (Å²) in [6.07, 6.45) is 16.0. The first-order valence-corrected chi connectivity index (χ1v) is 22.9. The van der Waals surface area contributed by atoms with Gasteiger partial charge in [0.1, 0.15) is 5.75 Å². The van der Waals surface area contributed by atoms with Crippen LogP contribution in [-0.4, -0.2) is 55.2 Å². The van der Waals surface area contributed by atoms with Gasteiger partial charge < -0.3 is 24.4 Å². The average molecular weight is 823 g/mol. The number of carbonyl (C=O) groups is 2. The molecule has 328 valence electrons. The Morgan fingerprint density at radius 2 is 1.23 bits per heavy atom. The molecular formula is C53H74O7. The van der Waals surface area contributed by atoms with Crippen LogP contribution in [0.4, 0.5) is 0 Å². The van der Waals surface area contributed by atoms with Crippen molar-refractivity contribution in [2.45, 2.75) is 143 Å². The molecule has 0 aromatic heterocycles. The lowest BCUT2D eigenvalue weighted by Gasteiger charge is -2.30. The van der Waals surface area contributed by atoms with Gasteiger partial charge in [0.25, 0.3) is 0 Å². The van der Waals surface area contributed by atoms with Crippen molar-refractivity contribution in [3.05, 3.63) is 101 Å². The largest absolute Gasteiger partial charge is 0.493 e. The Kier molecular flexibility index (Phi) is 20.1. The molecule has 1 fully saturated rings. The van der Waals surface area contributed by atoms with Gasteiger partial charge in [-0.3, -0.25) is 0 Å². The Hall–Kier alpha value is -4.20. The third kappa shape index (κ3) is 14.2. The lowest BCUT2D eigenvalue weighted by atomic mass is 9.77. The first-order valence-electron chi connectivity index (χ1n) is 22.9. The second kappa shape index (κ2) is 24.9. The van der Waals surface area contributed by atoms with Crippen molar-refractivity contribution >= 4 is 11.9 Å². The molecule has 3 aromatic carbocycles. The van der Waals surface area contributed by atoms with Crippen LogP contribution in [0.25, 0.3) is 22.3 Å². The minimum Gasteiger partial charge on any atom is -0.493 e. The normalized spacial score (nSPS) is 15.4. The number of rotatable bonds is 26. The van der Waals surface area contributed by atoms with Crippen molar-refractivity contribution in [1.82, 2.24) is 0 Å². The molecule has 0 saturated heterocycles. The molecule has 7 nitrogen and oxygen atoms in total. The number of hydrogen-bond acceptors (Lipinski definition) is 7. The van der Waals surface area contributed by atoms with Crippen LogP contribution in [0.2, 0.25) is 0 Å². The highest BCUT2D eigenvalue weighted by atomic mass is 16.5. The predicted molar refractivity (Wildman–Crippen MR) is 245 cm³/mol. The number of aliphatic hydroxyl groups is 2. The van der Waals surface area contributed by atoms with Gasteiger partial charge in [-0.1, -0.05) is 108 Å². The van der Waals surface area contributed by atoms with E-state index in [9.17, 15) is 19.8 Å². The highest BCUT2D eigenvalue weighted by molar-refractivity contribution is 5.87. The minimum absolute atomic E-state index is 0.123.